The van der Waals surface area contributed by atoms with Crippen molar-refractivity contribution in [1.29, 1.82) is 0 Å². The van der Waals surface area contributed by atoms with E-state index in [0.29, 0.717) is 27.0 Å². The molecule has 3 aromatic carbocycles. The zero-order valence-corrected chi connectivity index (χ0v) is 20.6. The van der Waals surface area contributed by atoms with Gasteiger partial charge in [0.15, 0.2) is 5.13 Å². The van der Waals surface area contributed by atoms with Gasteiger partial charge in [0.05, 0.1) is 28.9 Å². The van der Waals surface area contributed by atoms with Gasteiger partial charge >= 0.3 is 5.91 Å². The van der Waals surface area contributed by atoms with Crippen LogP contribution in [0.2, 0.25) is 5.02 Å². The molecule has 1 aliphatic heterocycles. The Hall–Kier alpha value is -3.68. The van der Waals surface area contributed by atoms with Gasteiger partial charge < -0.3 is 9.84 Å². The molecule has 8 heteroatoms. The van der Waals surface area contributed by atoms with Gasteiger partial charge in [0, 0.05) is 10.6 Å². The maximum atomic E-state index is 13.4. The molecule has 1 amide bonds. The van der Waals surface area contributed by atoms with Crippen molar-refractivity contribution in [3.8, 4) is 5.75 Å². The first-order valence-corrected chi connectivity index (χ1v) is 12.2. The van der Waals surface area contributed by atoms with Gasteiger partial charge in [-0.15, -0.1) is 0 Å². The number of methoxy groups -OCH3 is 1. The maximum absolute atomic E-state index is 13.4. The average molecular weight is 505 g/mol. The molecule has 1 saturated heterocycles. The zero-order valence-electron chi connectivity index (χ0n) is 19.0. The number of anilines is 1. The lowest BCUT2D eigenvalue weighted by atomic mass is 9.95. The Bertz CT molecular complexity index is 1480. The number of benzene rings is 3. The van der Waals surface area contributed by atoms with E-state index in [1.807, 2.05) is 18.2 Å². The van der Waals surface area contributed by atoms with Crippen molar-refractivity contribution in [2.45, 2.75) is 19.4 Å². The Morgan fingerprint density at radius 3 is 2.46 bits per heavy atom. The van der Waals surface area contributed by atoms with Crippen LogP contribution >= 0.6 is 22.9 Å². The number of aromatic nitrogens is 1. The number of ether oxygens (including phenoxy) is 1. The third-order valence-corrected chi connectivity index (χ3v) is 7.32. The first-order valence-electron chi connectivity index (χ1n) is 11.0. The number of aryl methyl sites for hydroxylation is 1. The van der Waals surface area contributed by atoms with E-state index in [1.165, 1.54) is 16.2 Å². The molecule has 35 heavy (non-hydrogen) atoms. The van der Waals surface area contributed by atoms with E-state index in [1.54, 1.807) is 55.6 Å². The average Bonchev–Trinajstić information content (AvgIpc) is 3.41. The third-order valence-electron chi connectivity index (χ3n) is 6.05. The van der Waals surface area contributed by atoms with Crippen LogP contribution < -0.4 is 9.64 Å². The molecule has 4 aromatic rings. The number of nitrogens with zero attached hydrogens (tertiary/aromatic N) is 2. The molecular formula is C27H21ClN2O4S. The summed E-state index contributed by atoms with van der Waals surface area (Å²) in [5.41, 5.74) is 2.94. The molecule has 2 heterocycles. The number of hydrogen-bond acceptors (Lipinski definition) is 6. The fourth-order valence-corrected chi connectivity index (χ4v) is 5.36. The minimum absolute atomic E-state index is 0.00371. The third kappa shape index (κ3) is 4.07. The molecule has 1 atom stereocenters. The summed E-state index contributed by atoms with van der Waals surface area (Å²) in [6.45, 7) is 2.07. The summed E-state index contributed by atoms with van der Waals surface area (Å²) in [6.07, 6.45) is 0.875. The molecule has 5 rings (SSSR count). The molecule has 0 saturated carbocycles. The summed E-state index contributed by atoms with van der Waals surface area (Å²) < 4.78 is 6.11. The van der Waals surface area contributed by atoms with E-state index in [-0.39, 0.29) is 11.3 Å². The highest BCUT2D eigenvalue weighted by molar-refractivity contribution is 7.22. The molecule has 1 aromatic heterocycles. The first-order chi connectivity index (χ1) is 16.9. The predicted molar refractivity (Wildman–Crippen MR) is 138 cm³/mol. The SMILES string of the molecule is CCc1ccc2nc(N3C(=O)C(=O)/C(=C(/O)c4ccc(OC)cc4)[C@@H]3c3ccc(Cl)cc3)sc2c1. The summed E-state index contributed by atoms with van der Waals surface area (Å²) in [7, 11) is 1.54. The second kappa shape index (κ2) is 9.17. The largest absolute Gasteiger partial charge is 0.507 e. The summed E-state index contributed by atoms with van der Waals surface area (Å²) in [4.78, 5) is 32.7. The van der Waals surface area contributed by atoms with Crippen LogP contribution in [0.1, 0.15) is 29.7 Å². The van der Waals surface area contributed by atoms with Gasteiger partial charge in [0.25, 0.3) is 5.78 Å². The number of carbonyl (C=O) groups is 2. The van der Waals surface area contributed by atoms with E-state index in [2.05, 4.69) is 11.9 Å². The predicted octanol–water partition coefficient (Wildman–Crippen LogP) is 6.15. The number of amides is 1. The number of aliphatic hydroxyl groups excluding tert-OH is 1. The van der Waals surface area contributed by atoms with Crippen molar-refractivity contribution >= 4 is 55.7 Å². The molecule has 0 bridgehead atoms. The molecular weight excluding hydrogens is 484 g/mol. The van der Waals surface area contributed by atoms with Crippen LogP contribution in [-0.4, -0.2) is 28.9 Å². The summed E-state index contributed by atoms with van der Waals surface area (Å²) in [5.74, 6) is -1.17. The van der Waals surface area contributed by atoms with E-state index >= 15 is 0 Å². The van der Waals surface area contributed by atoms with Crippen LogP contribution in [0.4, 0.5) is 5.13 Å². The molecule has 1 N–H and O–H groups in total. The highest BCUT2D eigenvalue weighted by atomic mass is 35.5. The second-order valence-corrected chi connectivity index (χ2v) is 9.55. The number of Topliss-reactive ketones (excluding diaryl/α,β-unsaturated/α-hetero) is 1. The molecule has 176 valence electrons. The number of rotatable bonds is 5. The lowest BCUT2D eigenvalue weighted by Gasteiger charge is -2.23. The summed E-state index contributed by atoms with van der Waals surface area (Å²) >= 11 is 7.44. The number of halogens is 1. The number of hydrogen-bond donors (Lipinski definition) is 1. The van der Waals surface area contributed by atoms with Crippen molar-refractivity contribution < 1.29 is 19.4 Å². The lowest BCUT2D eigenvalue weighted by molar-refractivity contribution is -0.132. The van der Waals surface area contributed by atoms with Gasteiger partial charge in [-0.05, 0) is 66.1 Å². The molecule has 0 aliphatic carbocycles. The van der Waals surface area contributed by atoms with Crippen molar-refractivity contribution in [2.24, 2.45) is 0 Å². The van der Waals surface area contributed by atoms with Crippen LogP contribution in [0, 0.1) is 0 Å². The summed E-state index contributed by atoms with van der Waals surface area (Å²) in [5, 5.41) is 12.1. The minimum Gasteiger partial charge on any atom is -0.507 e. The number of thiazole rings is 1. The Morgan fingerprint density at radius 2 is 1.80 bits per heavy atom. The fraction of sp³-hybridized carbons (Fsp3) is 0.148. The van der Waals surface area contributed by atoms with Crippen molar-refractivity contribution in [3.63, 3.8) is 0 Å². The number of carbonyl (C=O) groups excluding carboxylic acids is 2. The maximum Gasteiger partial charge on any atom is 0.301 e. The summed E-state index contributed by atoms with van der Waals surface area (Å²) in [6, 6.07) is 18.6. The van der Waals surface area contributed by atoms with Crippen LogP contribution in [0.5, 0.6) is 5.75 Å². The number of fused-ring (bicyclic) bond motifs is 1. The molecule has 6 nitrogen and oxygen atoms in total. The van der Waals surface area contributed by atoms with Crippen LogP contribution in [0.3, 0.4) is 0 Å². The van der Waals surface area contributed by atoms with Crippen LogP contribution in [-0.2, 0) is 16.0 Å². The molecule has 0 spiro atoms. The normalized spacial score (nSPS) is 17.3. The molecule has 1 fully saturated rings. The lowest BCUT2D eigenvalue weighted by Crippen LogP contribution is -2.29. The van der Waals surface area contributed by atoms with Crippen molar-refractivity contribution in [1.82, 2.24) is 4.98 Å². The van der Waals surface area contributed by atoms with Gasteiger partial charge in [-0.1, -0.05) is 48.1 Å². The highest BCUT2D eigenvalue weighted by Gasteiger charge is 2.48. The Kier molecular flexibility index (Phi) is 6.05. The zero-order chi connectivity index (χ0) is 24.7. The smallest absolute Gasteiger partial charge is 0.301 e. The van der Waals surface area contributed by atoms with Gasteiger partial charge in [-0.25, -0.2) is 4.98 Å². The van der Waals surface area contributed by atoms with E-state index in [4.69, 9.17) is 16.3 Å². The Balaban J connectivity index is 1.69. The fourth-order valence-electron chi connectivity index (χ4n) is 4.17. The van der Waals surface area contributed by atoms with Gasteiger partial charge in [0.1, 0.15) is 11.5 Å². The minimum atomic E-state index is -0.861. The van der Waals surface area contributed by atoms with E-state index in [0.717, 1.165) is 22.2 Å². The topological polar surface area (TPSA) is 79.7 Å². The van der Waals surface area contributed by atoms with Crippen molar-refractivity contribution in [3.05, 3.63) is 94.0 Å². The van der Waals surface area contributed by atoms with Gasteiger partial charge in [-0.3, -0.25) is 14.5 Å². The van der Waals surface area contributed by atoms with Crippen LogP contribution in [0.25, 0.3) is 16.0 Å². The van der Waals surface area contributed by atoms with Gasteiger partial charge in [-0.2, -0.15) is 0 Å². The molecule has 1 aliphatic rings. The Morgan fingerprint density at radius 1 is 1.09 bits per heavy atom. The quantitative estimate of drug-likeness (QED) is 0.200. The van der Waals surface area contributed by atoms with Crippen molar-refractivity contribution in [2.75, 3.05) is 12.0 Å². The second-order valence-electron chi connectivity index (χ2n) is 8.10. The monoisotopic (exact) mass is 504 g/mol. The van der Waals surface area contributed by atoms with E-state index in [9.17, 15) is 14.7 Å². The van der Waals surface area contributed by atoms with Gasteiger partial charge in [0.2, 0.25) is 0 Å². The highest BCUT2D eigenvalue weighted by Crippen LogP contribution is 2.44. The van der Waals surface area contributed by atoms with Crippen LogP contribution in [0.15, 0.2) is 72.3 Å². The van der Waals surface area contributed by atoms with E-state index < -0.39 is 17.7 Å². The number of ketones is 1. The Labute approximate surface area is 211 Å². The first kappa shape index (κ1) is 23.1. The number of aliphatic hydroxyl groups is 1. The molecule has 0 radical (unpaired) electrons. The molecule has 0 unspecified atom stereocenters. The standard InChI is InChI=1S/C27H21ClN2O4S/c1-3-15-4-13-20-21(14-15)35-27(29-20)30-23(16-5-9-18(28)10-6-16)22(25(32)26(30)33)24(31)17-7-11-19(34-2)12-8-17/h4-14,23,31H,3H2,1-2H3/b24-22+/t23-/m0/s1.